The third-order valence-corrected chi connectivity index (χ3v) is 3.74. The van der Waals surface area contributed by atoms with Gasteiger partial charge in [0.2, 0.25) is 0 Å². The first-order chi connectivity index (χ1) is 6.35. The van der Waals surface area contributed by atoms with Crippen molar-refractivity contribution in [3.63, 3.8) is 0 Å². The van der Waals surface area contributed by atoms with Crippen molar-refractivity contribution in [3.8, 4) is 0 Å². The molecule has 0 spiro atoms. The van der Waals surface area contributed by atoms with E-state index in [9.17, 15) is 4.57 Å². The number of thioether (sulfide) groups is 1. The number of nitrogens with one attached hydrogen (secondary N) is 1. The molecule has 0 bridgehead atoms. The zero-order chi connectivity index (χ0) is 10.9. The second kappa shape index (κ2) is 4.49. The van der Waals surface area contributed by atoms with Crippen LogP contribution in [0.15, 0.2) is 0 Å². The van der Waals surface area contributed by atoms with Gasteiger partial charge in [-0.3, -0.25) is 4.57 Å². The van der Waals surface area contributed by atoms with Crippen LogP contribution in [0.25, 0.3) is 0 Å². The van der Waals surface area contributed by atoms with Gasteiger partial charge in [0.25, 0.3) is 0 Å². The van der Waals surface area contributed by atoms with Gasteiger partial charge in [-0.25, -0.2) is 15.3 Å². The molecule has 2 atom stereocenters. The number of hydrazine groups is 1. The lowest BCUT2D eigenvalue weighted by Crippen LogP contribution is -2.36. The van der Waals surface area contributed by atoms with E-state index in [1.165, 1.54) is 11.8 Å². The molecule has 0 aromatic rings. The average molecular weight is 241 g/mol. The van der Waals surface area contributed by atoms with Gasteiger partial charge in [0.15, 0.2) is 0 Å². The van der Waals surface area contributed by atoms with E-state index in [1.807, 2.05) is 25.2 Å². The largest absolute Gasteiger partial charge is 0.339 e. The Hall–Kier alpha value is 0.380. The average Bonchev–Trinajstić information content (AvgIpc) is 2.30. The number of hydrogen-bond acceptors (Lipinski definition) is 5. The lowest BCUT2D eigenvalue weighted by Gasteiger charge is -2.25. The van der Waals surface area contributed by atoms with Gasteiger partial charge in [-0.2, -0.15) is 0 Å². The minimum Gasteiger partial charge on any atom is -0.324 e. The zero-order valence-corrected chi connectivity index (χ0v) is 10.1. The zero-order valence-electron chi connectivity index (χ0n) is 8.41. The summed E-state index contributed by atoms with van der Waals surface area (Å²) in [5, 5.41) is 1.84. The summed E-state index contributed by atoms with van der Waals surface area (Å²) in [5.41, 5.74) is 3.04. The van der Waals surface area contributed by atoms with Crippen LogP contribution in [0, 0.1) is 0 Å². The Balaban J connectivity index is 2.69. The maximum atomic E-state index is 10.9. The van der Waals surface area contributed by atoms with Crippen molar-refractivity contribution in [1.82, 2.24) is 15.3 Å². The molecule has 1 heterocycles. The molecule has 0 amide bonds. The molecule has 84 valence electrons. The Kier molecular flexibility index (Phi) is 3.99. The molecule has 1 fully saturated rings. The smallest absolute Gasteiger partial charge is 0.324 e. The topological polar surface area (TPSA) is 76.0 Å². The van der Waals surface area contributed by atoms with Gasteiger partial charge in [-0.1, -0.05) is 0 Å². The van der Waals surface area contributed by atoms with Crippen molar-refractivity contribution in [1.29, 1.82) is 0 Å². The molecule has 8 heteroatoms. The van der Waals surface area contributed by atoms with Crippen molar-refractivity contribution in [2.24, 2.45) is 0 Å². The van der Waals surface area contributed by atoms with Gasteiger partial charge < -0.3 is 9.79 Å². The van der Waals surface area contributed by atoms with Gasteiger partial charge in [-0.05, 0) is 13.2 Å². The number of hydrogen-bond donors (Lipinski definition) is 3. The first-order valence-electron chi connectivity index (χ1n) is 4.17. The molecule has 2 unspecified atom stereocenters. The summed E-state index contributed by atoms with van der Waals surface area (Å²) in [6, 6.07) is 0. The van der Waals surface area contributed by atoms with E-state index in [-0.39, 0.29) is 17.9 Å². The highest BCUT2D eigenvalue weighted by atomic mass is 32.2. The highest BCUT2D eigenvalue weighted by Gasteiger charge is 2.37. The predicted molar refractivity (Wildman–Crippen MR) is 56.4 cm³/mol. The maximum Gasteiger partial charge on any atom is 0.339 e. The lowest BCUT2D eigenvalue weighted by atomic mass is 10.5. The quantitative estimate of drug-likeness (QED) is 0.594. The fourth-order valence-corrected chi connectivity index (χ4v) is 3.10. The minimum atomic E-state index is -3.98. The molecule has 0 aromatic carbocycles. The van der Waals surface area contributed by atoms with Crippen molar-refractivity contribution >= 4 is 19.4 Å². The van der Waals surface area contributed by atoms with Crippen LogP contribution in [0.1, 0.15) is 6.92 Å². The van der Waals surface area contributed by atoms with Crippen LogP contribution in [0.2, 0.25) is 0 Å². The standard InChI is InChI=1S/C6H16N3O3PS/c1-5-8(2)7-6(14-3)9(5)4-13(10,11)12/h5-7H,4H2,1-3H3,(H2,10,11,12). The Bertz CT molecular complexity index is 248. The third-order valence-electron chi connectivity index (χ3n) is 2.23. The van der Waals surface area contributed by atoms with Crippen LogP contribution < -0.4 is 5.43 Å². The summed E-state index contributed by atoms with van der Waals surface area (Å²) >= 11 is 1.52. The van der Waals surface area contributed by atoms with E-state index in [0.29, 0.717) is 0 Å². The molecule has 1 aliphatic rings. The predicted octanol–water partition coefficient (Wildman–Crippen LogP) is -0.134. The van der Waals surface area contributed by atoms with Crippen molar-refractivity contribution in [3.05, 3.63) is 0 Å². The van der Waals surface area contributed by atoms with E-state index >= 15 is 0 Å². The summed E-state index contributed by atoms with van der Waals surface area (Å²) in [4.78, 5) is 19.6. The molecule has 0 aromatic heterocycles. The second-order valence-corrected chi connectivity index (χ2v) is 5.81. The second-order valence-electron chi connectivity index (χ2n) is 3.28. The van der Waals surface area contributed by atoms with Crippen LogP contribution in [-0.2, 0) is 4.57 Å². The summed E-state index contributed by atoms with van der Waals surface area (Å²) in [6.07, 6.45) is 1.67. The van der Waals surface area contributed by atoms with Gasteiger partial charge in [0, 0.05) is 7.05 Å². The van der Waals surface area contributed by atoms with Crippen LogP contribution in [0.5, 0.6) is 0 Å². The van der Waals surface area contributed by atoms with Gasteiger partial charge in [0.1, 0.15) is 11.8 Å². The summed E-state index contributed by atoms with van der Waals surface area (Å²) < 4.78 is 10.9. The Morgan fingerprint density at radius 2 is 2.14 bits per heavy atom. The van der Waals surface area contributed by atoms with E-state index in [4.69, 9.17) is 9.79 Å². The van der Waals surface area contributed by atoms with Crippen LogP contribution >= 0.6 is 19.4 Å². The van der Waals surface area contributed by atoms with Gasteiger partial charge in [0.05, 0.1) is 6.17 Å². The van der Waals surface area contributed by atoms with E-state index < -0.39 is 7.60 Å². The van der Waals surface area contributed by atoms with Crippen molar-refractivity contribution in [2.75, 3.05) is 19.6 Å². The first kappa shape index (κ1) is 12.4. The van der Waals surface area contributed by atoms with Gasteiger partial charge >= 0.3 is 7.60 Å². The Morgan fingerprint density at radius 1 is 1.57 bits per heavy atom. The van der Waals surface area contributed by atoms with Crippen LogP contribution in [0.4, 0.5) is 0 Å². The summed E-state index contributed by atoms with van der Waals surface area (Å²) in [6.45, 7) is 1.90. The molecule has 14 heavy (non-hydrogen) atoms. The normalized spacial score (nSPS) is 31.2. The molecule has 0 aliphatic carbocycles. The van der Waals surface area contributed by atoms with Crippen LogP contribution in [0.3, 0.4) is 0 Å². The van der Waals surface area contributed by atoms with E-state index in [0.717, 1.165) is 0 Å². The summed E-state index contributed by atoms with van der Waals surface area (Å²) in [7, 11) is -2.13. The Labute approximate surface area is 87.8 Å². The fraction of sp³-hybridized carbons (Fsp3) is 1.00. The van der Waals surface area contributed by atoms with E-state index in [1.54, 1.807) is 4.90 Å². The molecule has 1 rings (SSSR count). The minimum absolute atomic E-state index is 0.0138. The molecule has 3 N–H and O–H groups in total. The highest BCUT2D eigenvalue weighted by Crippen LogP contribution is 2.38. The molecular formula is C6H16N3O3PS. The van der Waals surface area contributed by atoms with Crippen molar-refractivity contribution in [2.45, 2.75) is 18.6 Å². The molecule has 0 saturated carbocycles. The number of rotatable bonds is 3. The molecule has 1 saturated heterocycles. The molecule has 1 aliphatic heterocycles. The van der Waals surface area contributed by atoms with Gasteiger partial charge in [-0.15, -0.1) is 11.8 Å². The third kappa shape index (κ3) is 2.93. The Morgan fingerprint density at radius 3 is 2.57 bits per heavy atom. The molecular weight excluding hydrogens is 225 g/mol. The first-order valence-corrected chi connectivity index (χ1v) is 7.26. The molecule has 0 radical (unpaired) electrons. The lowest BCUT2D eigenvalue weighted by molar-refractivity contribution is 0.169. The summed E-state index contributed by atoms with van der Waals surface area (Å²) in [5.74, 6) is 0. The molecule has 6 nitrogen and oxygen atoms in total. The van der Waals surface area contributed by atoms with Crippen LogP contribution in [-0.4, -0.2) is 50.9 Å². The number of nitrogens with zero attached hydrogens (tertiary/aromatic N) is 2. The van der Waals surface area contributed by atoms with Crippen molar-refractivity contribution < 1.29 is 14.4 Å². The monoisotopic (exact) mass is 241 g/mol. The maximum absolute atomic E-state index is 10.9. The van der Waals surface area contributed by atoms with E-state index in [2.05, 4.69) is 5.43 Å². The fourth-order valence-electron chi connectivity index (χ4n) is 1.37. The SMILES string of the molecule is CSC1NN(C)C(C)N1CP(=O)(O)O. The highest BCUT2D eigenvalue weighted by molar-refractivity contribution is 7.99.